The highest BCUT2D eigenvalue weighted by Gasteiger charge is 2.38. The lowest BCUT2D eigenvalue weighted by Gasteiger charge is -2.36. The maximum atomic E-state index is 9.70. The van der Waals surface area contributed by atoms with Crippen molar-refractivity contribution in [2.45, 2.75) is 45.0 Å². The zero-order valence-corrected chi connectivity index (χ0v) is 8.78. The van der Waals surface area contributed by atoms with Crippen LogP contribution in [0.2, 0.25) is 0 Å². The van der Waals surface area contributed by atoms with Crippen molar-refractivity contribution in [2.24, 2.45) is 5.92 Å². The topological polar surface area (TPSA) is 60.7 Å². The first-order chi connectivity index (χ1) is 5.60. The molecule has 0 saturated carbocycles. The summed E-state index contributed by atoms with van der Waals surface area (Å²) in [5.41, 5.74) is -2.32. The SMILES string of the molecule is C=CC(C(O)C(C)(C)O)C(C)(C)O. The second kappa shape index (κ2) is 3.78. The maximum absolute atomic E-state index is 9.70. The highest BCUT2D eigenvalue weighted by molar-refractivity contribution is 4.99. The molecule has 0 saturated heterocycles. The third kappa shape index (κ3) is 3.46. The molecule has 0 aliphatic heterocycles. The van der Waals surface area contributed by atoms with Crippen molar-refractivity contribution in [1.82, 2.24) is 0 Å². The molecule has 0 aromatic rings. The molecule has 0 aromatic carbocycles. The van der Waals surface area contributed by atoms with Gasteiger partial charge in [0.25, 0.3) is 0 Å². The van der Waals surface area contributed by atoms with Gasteiger partial charge in [0.1, 0.15) is 0 Å². The van der Waals surface area contributed by atoms with Crippen LogP contribution < -0.4 is 0 Å². The fourth-order valence-electron chi connectivity index (χ4n) is 1.24. The van der Waals surface area contributed by atoms with E-state index in [-0.39, 0.29) is 0 Å². The lowest BCUT2D eigenvalue weighted by atomic mass is 9.80. The summed E-state index contributed by atoms with van der Waals surface area (Å²) >= 11 is 0. The summed E-state index contributed by atoms with van der Waals surface area (Å²) in [6.07, 6.45) is 0.438. The molecule has 2 unspecified atom stereocenters. The molecule has 0 heterocycles. The summed E-state index contributed by atoms with van der Waals surface area (Å²) in [5.74, 6) is -0.549. The molecule has 0 bridgehead atoms. The standard InChI is InChI=1S/C10H20O3/c1-6-7(9(2,3)12)8(11)10(4,5)13/h6-8,11-13H,1H2,2-5H3. The first-order valence-corrected chi connectivity index (χ1v) is 4.36. The molecule has 0 aromatic heterocycles. The van der Waals surface area contributed by atoms with Crippen LogP contribution in [0.4, 0.5) is 0 Å². The Hall–Kier alpha value is -0.380. The van der Waals surface area contributed by atoms with E-state index in [0.717, 1.165) is 0 Å². The Morgan fingerprint density at radius 2 is 1.46 bits per heavy atom. The third-order valence-electron chi connectivity index (χ3n) is 2.13. The molecule has 0 aliphatic carbocycles. The summed E-state index contributed by atoms with van der Waals surface area (Å²) in [5, 5.41) is 28.9. The average Bonchev–Trinajstić information content (AvgIpc) is 1.83. The Labute approximate surface area is 79.7 Å². The van der Waals surface area contributed by atoms with Crippen LogP contribution >= 0.6 is 0 Å². The average molecular weight is 188 g/mol. The van der Waals surface area contributed by atoms with E-state index >= 15 is 0 Å². The Kier molecular flexibility index (Phi) is 3.67. The molecule has 0 fully saturated rings. The minimum Gasteiger partial charge on any atom is -0.390 e. The van der Waals surface area contributed by atoms with Gasteiger partial charge >= 0.3 is 0 Å². The predicted octanol–water partition coefficient (Wildman–Crippen LogP) is 0.691. The summed E-state index contributed by atoms with van der Waals surface area (Å²) in [4.78, 5) is 0. The van der Waals surface area contributed by atoms with E-state index in [4.69, 9.17) is 0 Å². The largest absolute Gasteiger partial charge is 0.390 e. The van der Waals surface area contributed by atoms with Crippen LogP contribution in [0.5, 0.6) is 0 Å². The molecule has 3 N–H and O–H groups in total. The molecule has 0 amide bonds. The molecule has 0 radical (unpaired) electrons. The zero-order valence-electron chi connectivity index (χ0n) is 8.78. The van der Waals surface area contributed by atoms with Crippen molar-refractivity contribution in [3.05, 3.63) is 12.7 Å². The van der Waals surface area contributed by atoms with Crippen molar-refractivity contribution < 1.29 is 15.3 Å². The molecular weight excluding hydrogens is 168 g/mol. The Balaban J connectivity index is 4.71. The summed E-state index contributed by atoms with van der Waals surface area (Å²) in [7, 11) is 0. The third-order valence-corrected chi connectivity index (χ3v) is 2.13. The van der Waals surface area contributed by atoms with Gasteiger partial charge in [0.15, 0.2) is 0 Å². The highest BCUT2D eigenvalue weighted by atomic mass is 16.3. The molecule has 13 heavy (non-hydrogen) atoms. The first-order valence-electron chi connectivity index (χ1n) is 4.36. The minimum absolute atomic E-state index is 0.549. The zero-order chi connectivity index (χ0) is 10.9. The molecule has 3 nitrogen and oxygen atoms in total. The maximum Gasteiger partial charge on any atom is 0.0911 e. The number of rotatable bonds is 4. The van der Waals surface area contributed by atoms with Crippen LogP contribution in [0, 0.1) is 5.92 Å². The van der Waals surface area contributed by atoms with E-state index < -0.39 is 23.2 Å². The van der Waals surface area contributed by atoms with E-state index in [2.05, 4.69) is 6.58 Å². The fraction of sp³-hybridized carbons (Fsp3) is 0.800. The van der Waals surface area contributed by atoms with Gasteiger partial charge < -0.3 is 15.3 Å². The van der Waals surface area contributed by atoms with Gasteiger partial charge in [-0.15, -0.1) is 6.58 Å². The molecule has 0 spiro atoms. The van der Waals surface area contributed by atoms with Crippen molar-refractivity contribution in [1.29, 1.82) is 0 Å². The lowest BCUT2D eigenvalue weighted by molar-refractivity contribution is -0.112. The molecule has 0 rings (SSSR count). The number of aliphatic hydroxyl groups is 3. The van der Waals surface area contributed by atoms with Crippen LogP contribution in [0.25, 0.3) is 0 Å². The van der Waals surface area contributed by atoms with Gasteiger partial charge in [-0.2, -0.15) is 0 Å². The summed E-state index contributed by atoms with van der Waals surface area (Å²) in [6.45, 7) is 9.69. The molecule has 78 valence electrons. The predicted molar refractivity (Wildman–Crippen MR) is 52.3 cm³/mol. The van der Waals surface area contributed by atoms with Crippen LogP contribution in [0.1, 0.15) is 27.7 Å². The van der Waals surface area contributed by atoms with Crippen LogP contribution in [-0.2, 0) is 0 Å². The van der Waals surface area contributed by atoms with Gasteiger partial charge in [-0.1, -0.05) is 6.08 Å². The molecular formula is C10H20O3. The van der Waals surface area contributed by atoms with Gasteiger partial charge in [0, 0.05) is 5.92 Å². The van der Waals surface area contributed by atoms with Crippen molar-refractivity contribution in [3.8, 4) is 0 Å². The second-order valence-electron chi connectivity index (χ2n) is 4.51. The Bertz CT molecular complexity index is 174. The van der Waals surface area contributed by atoms with Gasteiger partial charge in [0.2, 0.25) is 0 Å². The van der Waals surface area contributed by atoms with Crippen LogP contribution in [0.3, 0.4) is 0 Å². The van der Waals surface area contributed by atoms with Gasteiger partial charge in [-0.05, 0) is 27.7 Å². The van der Waals surface area contributed by atoms with E-state index in [9.17, 15) is 15.3 Å². The van der Waals surface area contributed by atoms with Gasteiger partial charge in [-0.25, -0.2) is 0 Å². The van der Waals surface area contributed by atoms with Gasteiger partial charge in [-0.3, -0.25) is 0 Å². The van der Waals surface area contributed by atoms with Crippen molar-refractivity contribution in [3.63, 3.8) is 0 Å². The number of aliphatic hydroxyl groups excluding tert-OH is 1. The number of hydrogen-bond acceptors (Lipinski definition) is 3. The summed E-state index contributed by atoms with van der Waals surface area (Å²) in [6, 6.07) is 0. The first kappa shape index (κ1) is 12.6. The lowest BCUT2D eigenvalue weighted by Crippen LogP contribution is -2.48. The number of hydrogen-bond donors (Lipinski definition) is 3. The Morgan fingerprint density at radius 3 is 1.54 bits per heavy atom. The monoisotopic (exact) mass is 188 g/mol. The van der Waals surface area contributed by atoms with Crippen LogP contribution in [0.15, 0.2) is 12.7 Å². The van der Waals surface area contributed by atoms with Gasteiger partial charge in [0.05, 0.1) is 17.3 Å². The van der Waals surface area contributed by atoms with Crippen molar-refractivity contribution in [2.75, 3.05) is 0 Å². The molecule has 2 atom stereocenters. The minimum atomic E-state index is -1.24. The van der Waals surface area contributed by atoms with E-state index in [1.54, 1.807) is 13.8 Å². The van der Waals surface area contributed by atoms with Crippen molar-refractivity contribution >= 4 is 0 Å². The molecule has 0 aliphatic rings. The Morgan fingerprint density at radius 1 is 1.08 bits per heavy atom. The highest BCUT2D eigenvalue weighted by Crippen LogP contribution is 2.27. The quantitative estimate of drug-likeness (QED) is 0.569. The van der Waals surface area contributed by atoms with E-state index in [1.807, 2.05) is 0 Å². The van der Waals surface area contributed by atoms with E-state index in [0.29, 0.717) is 0 Å². The van der Waals surface area contributed by atoms with Crippen LogP contribution in [-0.4, -0.2) is 32.6 Å². The normalized spacial score (nSPS) is 18.1. The molecule has 3 heteroatoms. The summed E-state index contributed by atoms with van der Waals surface area (Å²) < 4.78 is 0. The fourth-order valence-corrected chi connectivity index (χ4v) is 1.24. The second-order valence-corrected chi connectivity index (χ2v) is 4.51. The smallest absolute Gasteiger partial charge is 0.0911 e. The van der Waals surface area contributed by atoms with E-state index in [1.165, 1.54) is 19.9 Å².